The van der Waals surface area contributed by atoms with Crippen LogP contribution in [0.2, 0.25) is 0 Å². The Morgan fingerprint density at radius 1 is 1.08 bits per heavy atom. The molecule has 25 heavy (non-hydrogen) atoms. The van der Waals surface area contributed by atoms with Gasteiger partial charge in [-0.25, -0.2) is 0 Å². The molecule has 6 heteroatoms. The monoisotopic (exact) mass is 344 g/mol. The maximum atomic E-state index is 12.7. The highest BCUT2D eigenvalue weighted by atomic mass is 16.2. The minimum atomic E-state index is 0.183. The average molecular weight is 344 g/mol. The Bertz CT molecular complexity index is 650. The first kappa shape index (κ1) is 16.6. The predicted octanol–water partition coefficient (Wildman–Crippen LogP) is 2.01. The van der Waals surface area contributed by atoms with E-state index in [4.69, 9.17) is 0 Å². The highest BCUT2D eigenvalue weighted by Crippen LogP contribution is 2.41. The summed E-state index contributed by atoms with van der Waals surface area (Å²) < 4.78 is 0. The predicted molar refractivity (Wildman–Crippen MR) is 94.2 cm³/mol. The van der Waals surface area contributed by atoms with Crippen LogP contribution in [0.3, 0.4) is 0 Å². The summed E-state index contributed by atoms with van der Waals surface area (Å²) in [6, 6.07) is 0. The number of aromatic amines is 1. The fraction of sp³-hybridized carbons (Fsp3) is 0.737. The number of carbonyl (C=O) groups is 2. The lowest BCUT2D eigenvalue weighted by atomic mass is 10.1. The van der Waals surface area contributed by atoms with Gasteiger partial charge in [0.25, 0.3) is 0 Å². The molecule has 0 radical (unpaired) electrons. The Morgan fingerprint density at radius 3 is 2.76 bits per heavy atom. The smallest absolute Gasteiger partial charge is 0.224 e. The van der Waals surface area contributed by atoms with Crippen molar-refractivity contribution < 1.29 is 9.59 Å². The Labute approximate surface area is 148 Å². The molecule has 3 aliphatic rings. The molecule has 1 aromatic heterocycles. The van der Waals surface area contributed by atoms with E-state index in [0.29, 0.717) is 25.3 Å². The molecule has 1 saturated carbocycles. The molecule has 3 heterocycles. The third-order valence-electron chi connectivity index (χ3n) is 5.83. The van der Waals surface area contributed by atoms with E-state index in [1.807, 2.05) is 9.80 Å². The number of hydrogen-bond acceptors (Lipinski definition) is 3. The largest absolute Gasteiger partial charge is 0.342 e. The minimum absolute atomic E-state index is 0.183. The molecule has 2 fully saturated rings. The van der Waals surface area contributed by atoms with E-state index in [1.165, 1.54) is 29.8 Å². The Morgan fingerprint density at radius 2 is 1.92 bits per heavy atom. The van der Waals surface area contributed by atoms with Gasteiger partial charge in [0.1, 0.15) is 0 Å². The first-order valence-electron chi connectivity index (χ1n) is 9.84. The standard InChI is InChI=1S/C19H28N4O2/c24-17-4-2-1-3-10-22(17)13-9-18(25)23-11-7-15-16(8-12-23)20-21-19(15)14-5-6-14/h14H,1-13H2,(H,20,21). The van der Waals surface area contributed by atoms with Gasteiger partial charge in [0.15, 0.2) is 0 Å². The van der Waals surface area contributed by atoms with Crippen LogP contribution < -0.4 is 0 Å². The number of H-pyrrole nitrogens is 1. The zero-order chi connectivity index (χ0) is 17.2. The molecule has 1 aliphatic carbocycles. The van der Waals surface area contributed by atoms with Crippen LogP contribution in [0.4, 0.5) is 0 Å². The van der Waals surface area contributed by atoms with Crippen molar-refractivity contribution in [3.8, 4) is 0 Å². The number of nitrogens with zero attached hydrogens (tertiary/aromatic N) is 3. The molecule has 4 rings (SSSR count). The maximum absolute atomic E-state index is 12.7. The van der Waals surface area contributed by atoms with Crippen molar-refractivity contribution in [2.75, 3.05) is 26.2 Å². The van der Waals surface area contributed by atoms with Crippen molar-refractivity contribution in [1.82, 2.24) is 20.0 Å². The summed E-state index contributed by atoms with van der Waals surface area (Å²) in [6.07, 6.45) is 8.55. The Kier molecular flexibility index (Phi) is 4.77. The van der Waals surface area contributed by atoms with Crippen LogP contribution in [-0.2, 0) is 22.4 Å². The van der Waals surface area contributed by atoms with Crippen molar-refractivity contribution in [1.29, 1.82) is 0 Å². The number of likely N-dealkylation sites (tertiary alicyclic amines) is 1. The van der Waals surface area contributed by atoms with Gasteiger partial charge >= 0.3 is 0 Å². The average Bonchev–Trinajstić information content (AvgIpc) is 3.43. The zero-order valence-electron chi connectivity index (χ0n) is 14.9. The Balaban J connectivity index is 1.31. The van der Waals surface area contributed by atoms with Crippen molar-refractivity contribution in [3.05, 3.63) is 17.0 Å². The molecule has 0 atom stereocenters. The number of fused-ring (bicyclic) bond motifs is 1. The fourth-order valence-electron chi connectivity index (χ4n) is 4.12. The van der Waals surface area contributed by atoms with E-state index in [0.717, 1.165) is 51.7 Å². The quantitative estimate of drug-likeness (QED) is 0.908. The topological polar surface area (TPSA) is 69.3 Å². The molecule has 6 nitrogen and oxygen atoms in total. The number of amides is 2. The van der Waals surface area contributed by atoms with Crippen LogP contribution in [0.5, 0.6) is 0 Å². The second-order valence-electron chi connectivity index (χ2n) is 7.66. The van der Waals surface area contributed by atoms with Gasteiger partial charge in [-0.2, -0.15) is 5.10 Å². The molecule has 0 bridgehead atoms. The van der Waals surface area contributed by atoms with E-state index in [2.05, 4.69) is 10.2 Å². The highest BCUT2D eigenvalue weighted by molar-refractivity contribution is 5.79. The third-order valence-corrected chi connectivity index (χ3v) is 5.83. The third kappa shape index (κ3) is 3.72. The summed E-state index contributed by atoms with van der Waals surface area (Å²) in [4.78, 5) is 28.6. The van der Waals surface area contributed by atoms with Crippen molar-refractivity contribution in [2.45, 2.75) is 63.7 Å². The molecule has 2 aliphatic heterocycles. The summed E-state index contributed by atoms with van der Waals surface area (Å²) in [5.41, 5.74) is 3.83. The summed E-state index contributed by atoms with van der Waals surface area (Å²) in [7, 11) is 0. The van der Waals surface area contributed by atoms with E-state index in [-0.39, 0.29) is 11.8 Å². The zero-order valence-corrected chi connectivity index (χ0v) is 14.9. The Hall–Kier alpha value is -1.85. The first-order valence-corrected chi connectivity index (χ1v) is 9.84. The molecule has 1 aromatic rings. The molecule has 0 unspecified atom stereocenters. The van der Waals surface area contributed by atoms with E-state index < -0.39 is 0 Å². The number of aromatic nitrogens is 2. The molecule has 1 saturated heterocycles. The van der Waals surface area contributed by atoms with E-state index >= 15 is 0 Å². The van der Waals surface area contributed by atoms with Crippen molar-refractivity contribution >= 4 is 11.8 Å². The van der Waals surface area contributed by atoms with Crippen LogP contribution in [-0.4, -0.2) is 58.0 Å². The summed E-state index contributed by atoms with van der Waals surface area (Å²) in [5.74, 6) is 1.05. The van der Waals surface area contributed by atoms with E-state index in [1.54, 1.807) is 0 Å². The normalized spacial score (nSPS) is 21.7. The minimum Gasteiger partial charge on any atom is -0.342 e. The van der Waals surface area contributed by atoms with Crippen LogP contribution in [0.1, 0.15) is 67.8 Å². The molecule has 2 amide bonds. The summed E-state index contributed by atoms with van der Waals surface area (Å²) in [5, 5.41) is 7.72. The molecule has 136 valence electrons. The molecule has 1 N–H and O–H groups in total. The van der Waals surface area contributed by atoms with Gasteiger partial charge in [-0.3, -0.25) is 14.7 Å². The van der Waals surface area contributed by atoms with Crippen molar-refractivity contribution in [2.24, 2.45) is 0 Å². The number of nitrogens with one attached hydrogen (secondary N) is 1. The van der Waals surface area contributed by atoms with Gasteiger partial charge in [0.2, 0.25) is 11.8 Å². The van der Waals surface area contributed by atoms with Gasteiger partial charge < -0.3 is 9.80 Å². The lowest BCUT2D eigenvalue weighted by Crippen LogP contribution is -2.38. The van der Waals surface area contributed by atoms with E-state index in [9.17, 15) is 9.59 Å². The lowest BCUT2D eigenvalue weighted by molar-refractivity contribution is -0.134. The molecular weight excluding hydrogens is 316 g/mol. The fourth-order valence-corrected chi connectivity index (χ4v) is 4.12. The second-order valence-corrected chi connectivity index (χ2v) is 7.66. The van der Waals surface area contributed by atoms with Gasteiger partial charge in [-0.1, -0.05) is 6.42 Å². The molecule has 0 aromatic carbocycles. The number of carbonyl (C=O) groups excluding carboxylic acids is 2. The van der Waals surface area contributed by atoms with Crippen LogP contribution >= 0.6 is 0 Å². The van der Waals surface area contributed by atoms with Gasteiger partial charge in [0.05, 0.1) is 5.69 Å². The van der Waals surface area contributed by atoms with Crippen molar-refractivity contribution in [3.63, 3.8) is 0 Å². The summed E-state index contributed by atoms with van der Waals surface area (Å²) in [6.45, 7) is 2.92. The van der Waals surface area contributed by atoms with Crippen LogP contribution in [0, 0.1) is 0 Å². The van der Waals surface area contributed by atoms with Gasteiger partial charge in [0, 0.05) is 57.1 Å². The van der Waals surface area contributed by atoms with Gasteiger partial charge in [-0.15, -0.1) is 0 Å². The number of rotatable bonds is 4. The second kappa shape index (κ2) is 7.18. The number of hydrogen-bond donors (Lipinski definition) is 1. The molecular formula is C19H28N4O2. The SMILES string of the molecule is O=C1CCCCCN1CCC(=O)N1CCc2[nH]nc(C3CC3)c2CC1. The van der Waals surface area contributed by atoms with Crippen LogP contribution in [0.25, 0.3) is 0 Å². The lowest BCUT2D eigenvalue weighted by Gasteiger charge is -2.24. The van der Waals surface area contributed by atoms with Crippen LogP contribution in [0.15, 0.2) is 0 Å². The highest BCUT2D eigenvalue weighted by Gasteiger charge is 2.31. The van der Waals surface area contributed by atoms with Gasteiger partial charge in [-0.05, 0) is 37.7 Å². The molecule has 0 spiro atoms. The maximum Gasteiger partial charge on any atom is 0.224 e. The summed E-state index contributed by atoms with van der Waals surface area (Å²) >= 11 is 0. The first-order chi connectivity index (χ1) is 12.2.